The molecule has 0 atom stereocenters. The van der Waals surface area contributed by atoms with Crippen LogP contribution in [0.3, 0.4) is 0 Å². The Morgan fingerprint density at radius 2 is 2.15 bits per heavy atom. The second-order valence-corrected chi connectivity index (χ2v) is 6.49. The van der Waals surface area contributed by atoms with Crippen molar-refractivity contribution in [3.05, 3.63) is 35.4 Å². The lowest BCUT2D eigenvalue weighted by Crippen LogP contribution is -2.16. The summed E-state index contributed by atoms with van der Waals surface area (Å²) < 4.78 is 0.680. The summed E-state index contributed by atoms with van der Waals surface area (Å²) in [7, 11) is 1.96. The number of aryl methyl sites for hydroxylation is 1. The molecular formula is C13H15N3O2S2. The monoisotopic (exact) mass is 309 g/mol. The molecule has 0 unspecified atom stereocenters. The van der Waals surface area contributed by atoms with Crippen LogP contribution in [0.25, 0.3) is 0 Å². The number of rotatable bonds is 6. The van der Waals surface area contributed by atoms with Gasteiger partial charge in [0, 0.05) is 13.6 Å². The van der Waals surface area contributed by atoms with Crippen molar-refractivity contribution in [2.75, 3.05) is 17.7 Å². The average molecular weight is 309 g/mol. The van der Waals surface area contributed by atoms with E-state index in [0.717, 1.165) is 11.7 Å². The lowest BCUT2D eigenvalue weighted by atomic mass is 10.1. The van der Waals surface area contributed by atoms with E-state index in [9.17, 15) is 4.79 Å². The van der Waals surface area contributed by atoms with Gasteiger partial charge in [-0.05, 0) is 18.1 Å². The van der Waals surface area contributed by atoms with Crippen LogP contribution in [0, 0.1) is 6.92 Å². The number of aromatic nitrogens is 2. The van der Waals surface area contributed by atoms with Gasteiger partial charge < -0.3 is 10.0 Å². The molecule has 0 radical (unpaired) electrons. The Hall–Kier alpha value is -1.60. The van der Waals surface area contributed by atoms with Crippen molar-refractivity contribution in [3.63, 3.8) is 0 Å². The van der Waals surface area contributed by atoms with Crippen molar-refractivity contribution in [3.8, 4) is 0 Å². The zero-order valence-electron chi connectivity index (χ0n) is 11.2. The molecule has 20 heavy (non-hydrogen) atoms. The van der Waals surface area contributed by atoms with Gasteiger partial charge in [-0.15, -0.1) is 10.2 Å². The van der Waals surface area contributed by atoms with Gasteiger partial charge in [0.2, 0.25) is 5.13 Å². The normalized spacial score (nSPS) is 10.5. The van der Waals surface area contributed by atoms with E-state index in [1.165, 1.54) is 34.2 Å². The number of hydrogen-bond donors (Lipinski definition) is 1. The molecule has 0 saturated heterocycles. The highest BCUT2D eigenvalue weighted by Crippen LogP contribution is 2.28. The van der Waals surface area contributed by atoms with Gasteiger partial charge in [0.05, 0.1) is 5.75 Å². The fourth-order valence-corrected chi connectivity index (χ4v) is 3.17. The molecule has 0 spiro atoms. The van der Waals surface area contributed by atoms with Crippen molar-refractivity contribution in [2.24, 2.45) is 0 Å². The Morgan fingerprint density at radius 1 is 1.40 bits per heavy atom. The molecule has 0 amide bonds. The minimum atomic E-state index is -0.847. The van der Waals surface area contributed by atoms with Crippen LogP contribution in [0.15, 0.2) is 28.6 Å². The number of carbonyl (C=O) groups is 1. The van der Waals surface area contributed by atoms with E-state index in [-0.39, 0.29) is 5.75 Å². The Balaban J connectivity index is 2.01. The standard InChI is InChI=1S/C13H15N3O2S2/c1-9-5-3-4-6-10(9)7-16(2)12-14-15-13(20-12)19-8-11(17)18/h3-6H,7-8H2,1-2H3,(H,17,18). The molecule has 1 aromatic heterocycles. The summed E-state index contributed by atoms with van der Waals surface area (Å²) in [5.41, 5.74) is 2.48. The van der Waals surface area contributed by atoms with Crippen molar-refractivity contribution in [1.29, 1.82) is 0 Å². The van der Waals surface area contributed by atoms with Gasteiger partial charge in [-0.2, -0.15) is 0 Å². The van der Waals surface area contributed by atoms with Crippen LogP contribution in [0.2, 0.25) is 0 Å². The topological polar surface area (TPSA) is 66.3 Å². The van der Waals surface area contributed by atoms with Crippen LogP contribution in [0.5, 0.6) is 0 Å². The summed E-state index contributed by atoms with van der Waals surface area (Å²) in [6.07, 6.45) is 0. The maximum atomic E-state index is 10.5. The predicted octanol–water partition coefficient (Wildman–Crippen LogP) is 2.66. The fourth-order valence-electron chi connectivity index (χ4n) is 1.65. The van der Waals surface area contributed by atoms with Gasteiger partial charge in [-0.1, -0.05) is 47.4 Å². The molecule has 0 fully saturated rings. The molecule has 2 rings (SSSR count). The van der Waals surface area contributed by atoms with Crippen LogP contribution < -0.4 is 4.90 Å². The number of benzene rings is 1. The highest BCUT2D eigenvalue weighted by Gasteiger charge is 2.11. The number of hydrogen-bond acceptors (Lipinski definition) is 6. The Kier molecular flexibility index (Phi) is 4.97. The van der Waals surface area contributed by atoms with Crippen LogP contribution in [0.4, 0.5) is 5.13 Å². The first-order valence-corrected chi connectivity index (χ1v) is 7.80. The number of aliphatic carboxylic acids is 1. The molecule has 106 valence electrons. The van der Waals surface area contributed by atoms with Crippen LogP contribution >= 0.6 is 23.1 Å². The second kappa shape index (κ2) is 6.71. The maximum Gasteiger partial charge on any atom is 0.313 e. The third-order valence-corrected chi connectivity index (χ3v) is 4.87. The van der Waals surface area contributed by atoms with E-state index in [2.05, 4.69) is 29.3 Å². The number of nitrogens with zero attached hydrogens (tertiary/aromatic N) is 3. The van der Waals surface area contributed by atoms with Gasteiger partial charge in [0.25, 0.3) is 0 Å². The van der Waals surface area contributed by atoms with E-state index in [1.807, 2.05) is 24.1 Å². The first kappa shape index (κ1) is 14.8. The maximum absolute atomic E-state index is 10.5. The number of carboxylic acids is 1. The molecule has 2 aromatic rings. The van der Waals surface area contributed by atoms with Crippen LogP contribution in [0.1, 0.15) is 11.1 Å². The van der Waals surface area contributed by atoms with Crippen molar-refractivity contribution >= 4 is 34.2 Å². The van der Waals surface area contributed by atoms with Crippen molar-refractivity contribution in [2.45, 2.75) is 17.8 Å². The highest BCUT2D eigenvalue weighted by molar-refractivity contribution is 8.01. The van der Waals surface area contributed by atoms with E-state index >= 15 is 0 Å². The molecule has 0 aliphatic carbocycles. The van der Waals surface area contributed by atoms with E-state index in [4.69, 9.17) is 5.11 Å². The molecule has 1 aromatic carbocycles. The van der Waals surface area contributed by atoms with Gasteiger partial charge in [0.1, 0.15) is 0 Å². The van der Waals surface area contributed by atoms with Gasteiger partial charge in [0.15, 0.2) is 4.34 Å². The summed E-state index contributed by atoms with van der Waals surface area (Å²) >= 11 is 2.61. The summed E-state index contributed by atoms with van der Waals surface area (Å²) in [6, 6.07) is 8.21. The fraction of sp³-hybridized carbons (Fsp3) is 0.308. The first-order chi connectivity index (χ1) is 9.56. The van der Waals surface area contributed by atoms with Crippen LogP contribution in [-0.4, -0.2) is 34.1 Å². The Labute approximate surface area is 125 Å². The lowest BCUT2D eigenvalue weighted by molar-refractivity contribution is -0.133. The largest absolute Gasteiger partial charge is 0.481 e. The quantitative estimate of drug-likeness (QED) is 0.828. The number of thioether (sulfide) groups is 1. The second-order valence-electron chi connectivity index (χ2n) is 4.32. The van der Waals surface area contributed by atoms with Crippen molar-refractivity contribution < 1.29 is 9.90 Å². The predicted molar refractivity (Wildman–Crippen MR) is 81.6 cm³/mol. The summed E-state index contributed by atoms with van der Waals surface area (Å²) in [5.74, 6) is -0.837. The molecule has 0 aliphatic rings. The van der Waals surface area contributed by atoms with Crippen molar-refractivity contribution in [1.82, 2.24) is 10.2 Å². The first-order valence-electron chi connectivity index (χ1n) is 6.00. The number of anilines is 1. The molecule has 1 heterocycles. The minimum Gasteiger partial charge on any atom is -0.481 e. The van der Waals surface area contributed by atoms with Gasteiger partial charge in [-0.25, -0.2) is 0 Å². The Morgan fingerprint density at radius 3 is 2.85 bits per heavy atom. The lowest BCUT2D eigenvalue weighted by Gasteiger charge is -2.16. The van der Waals surface area contributed by atoms with Crippen LogP contribution in [-0.2, 0) is 11.3 Å². The average Bonchev–Trinajstić information content (AvgIpc) is 2.88. The zero-order valence-corrected chi connectivity index (χ0v) is 12.9. The number of carboxylic acid groups (broad SMARTS) is 1. The smallest absolute Gasteiger partial charge is 0.313 e. The van der Waals surface area contributed by atoms with E-state index in [1.54, 1.807) is 0 Å². The molecule has 0 saturated carbocycles. The molecule has 0 aliphatic heterocycles. The highest BCUT2D eigenvalue weighted by atomic mass is 32.2. The minimum absolute atomic E-state index is 0.0101. The molecule has 7 heteroatoms. The summed E-state index contributed by atoms with van der Waals surface area (Å²) in [4.78, 5) is 12.5. The molecule has 1 N–H and O–H groups in total. The molecule has 0 bridgehead atoms. The van der Waals surface area contributed by atoms with E-state index < -0.39 is 5.97 Å². The van der Waals surface area contributed by atoms with E-state index in [0.29, 0.717) is 4.34 Å². The molecular weight excluding hydrogens is 294 g/mol. The Bertz CT molecular complexity index is 601. The van der Waals surface area contributed by atoms with Gasteiger partial charge in [-0.3, -0.25) is 4.79 Å². The zero-order chi connectivity index (χ0) is 14.5. The van der Waals surface area contributed by atoms with Gasteiger partial charge >= 0.3 is 5.97 Å². The summed E-state index contributed by atoms with van der Waals surface area (Å²) in [6.45, 7) is 2.84. The molecule has 5 nitrogen and oxygen atoms in total. The third kappa shape index (κ3) is 3.94. The summed E-state index contributed by atoms with van der Waals surface area (Å²) in [5, 5.41) is 17.5. The SMILES string of the molecule is Cc1ccccc1CN(C)c1nnc(SCC(=O)O)s1. The third-order valence-electron chi connectivity index (χ3n) is 2.71.